The fourth-order valence-electron chi connectivity index (χ4n) is 2.63. The van der Waals surface area contributed by atoms with Crippen LogP contribution in [0.4, 0.5) is 8.78 Å². The van der Waals surface area contributed by atoms with Gasteiger partial charge in [-0.25, -0.2) is 4.39 Å². The number of hydrogen-bond acceptors (Lipinski definition) is 3. The molecule has 1 aromatic rings. The fraction of sp³-hybridized carbons (Fsp3) is 0.571. The minimum atomic E-state index is -0.466. The maximum atomic E-state index is 14.1. The molecule has 1 atom stereocenters. The van der Waals surface area contributed by atoms with E-state index in [-0.39, 0.29) is 18.3 Å². The summed E-state index contributed by atoms with van der Waals surface area (Å²) in [7, 11) is 1.52. The zero-order chi connectivity index (χ0) is 13.7. The Balaban J connectivity index is 2.32. The Labute approximate surface area is 112 Å². The van der Waals surface area contributed by atoms with E-state index in [4.69, 9.17) is 4.74 Å². The van der Waals surface area contributed by atoms with Crippen LogP contribution in [0.5, 0.6) is 5.75 Å². The predicted octanol–water partition coefficient (Wildman–Crippen LogP) is 2.14. The quantitative estimate of drug-likeness (QED) is 0.887. The monoisotopic (exact) mass is 270 g/mol. The highest BCUT2D eigenvalue weighted by Gasteiger charge is 2.27. The number of piperazine rings is 1. The van der Waals surface area contributed by atoms with Crippen LogP contribution < -0.4 is 10.1 Å². The van der Waals surface area contributed by atoms with Gasteiger partial charge in [-0.3, -0.25) is 9.29 Å². The molecule has 1 heterocycles. The van der Waals surface area contributed by atoms with Crippen LogP contribution in [0, 0.1) is 5.82 Å². The maximum Gasteiger partial charge on any atom is 0.131 e. The lowest BCUT2D eigenvalue weighted by Crippen LogP contribution is -2.45. The Kier molecular flexibility index (Phi) is 5.10. The number of ether oxygens (including phenoxy) is 1. The van der Waals surface area contributed by atoms with Crippen molar-refractivity contribution in [1.82, 2.24) is 10.2 Å². The summed E-state index contributed by atoms with van der Waals surface area (Å²) in [6.07, 6.45) is 0.289. The molecule has 0 aliphatic carbocycles. The van der Waals surface area contributed by atoms with E-state index in [1.54, 1.807) is 12.1 Å². The van der Waals surface area contributed by atoms with E-state index in [2.05, 4.69) is 10.2 Å². The Morgan fingerprint density at radius 1 is 1.37 bits per heavy atom. The van der Waals surface area contributed by atoms with Crippen molar-refractivity contribution >= 4 is 0 Å². The normalized spacial score (nSPS) is 18.3. The first-order chi connectivity index (χ1) is 9.27. The molecule has 1 aromatic carbocycles. The van der Waals surface area contributed by atoms with Gasteiger partial charge in [-0.05, 0) is 18.6 Å². The highest BCUT2D eigenvalue weighted by Crippen LogP contribution is 2.34. The molecule has 0 aromatic heterocycles. The molecule has 0 bridgehead atoms. The van der Waals surface area contributed by atoms with Gasteiger partial charge in [0.1, 0.15) is 11.6 Å². The average Bonchev–Trinajstić information content (AvgIpc) is 2.46. The molecule has 1 aliphatic heterocycles. The molecular formula is C14H20F2N2O. The number of hydrogen-bond donors (Lipinski definition) is 1. The van der Waals surface area contributed by atoms with Crippen LogP contribution in [-0.2, 0) is 0 Å². The van der Waals surface area contributed by atoms with Gasteiger partial charge in [0.25, 0.3) is 0 Å². The zero-order valence-corrected chi connectivity index (χ0v) is 11.2. The summed E-state index contributed by atoms with van der Waals surface area (Å²) in [5.74, 6) is 0.174. The van der Waals surface area contributed by atoms with Crippen molar-refractivity contribution in [2.24, 2.45) is 0 Å². The number of nitrogens with one attached hydrogen (secondary N) is 1. The average molecular weight is 270 g/mol. The van der Waals surface area contributed by atoms with Crippen molar-refractivity contribution in [3.8, 4) is 5.75 Å². The minimum Gasteiger partial charge on any atom is -0.496 e. The van der Waals surface area contributed by atoms with E-state index >= 15 is 0 Å². The van der Waals surface area contributed by atoms with E-state index < -0.39 is 6.67 Å². The van der Waals surface area contributed by atoms with Crippen molar-refractivity contribution in [3.05, 3.63) is 29.6 Å². The van der Waals surface area contributed by atoms with E-state index in [1.165, 1.54) is 13.2 Å². The standard InChI is InChI=1S/C14H20F2N2O/c1-19-13-4-2-3-11(16)14(13)12(5-6-15)18-9-7-17-8-10-18/h2-4,12,17H,5-10H2,1H3/t12-/m0/s1. The Morgan fingerprint density at radius 3 is 2.74 bits per heavy atom. The predicted molar refractivity (Wildman–Crippen MR) is 70.7 cm³/mol. The SMILES string of the molecule is COc1cccc(F)c1[C@H](CCF)N1CCNCC1. The van der Waals surface area contributed by atoms with Crippen LogP contribution >= 0.6 is 0 Å². The molecule has 1 saturated heterocycles. The number of methoxy groups -OCH3 is 1. The van der Waals surface area contributed by atoms with Gasteiger partial charge in [0.2, 0.25) is 0 Å². The molecule has 0 spiro atoms. The second-order valence-corrected chi connectivity index (χ2v) is 4.64. The summed E-state index contributed by atoms with van der Waals surface area (Å²) < 4.78 is 32.2. The molecule has 0 radical (unpaired) electrons. The van der Waals surface area contributed by atoms with Gasteiger partial charge in [0.05, 0.1) is 13.8 Å². The molecule has 0 saturated carbocycles. The van der Waals surface area contributed by atoms with Gasteiger partial charge < -0.3 is 10.1 Å². The largest absolute Gasteiger partial charge is 0.496 e. The Morgan fingerprint density at radius 2 is 2.11 bits per heavy atom. The Bertz CT molecular complexity index is 408. The van der Waals surface area contributed by atoms with Crippen molar-refractivity contribution < 1.29 is 13.5 Å². The van der Waals surface area contributed by atoms with E-state index in [9.17, 15) is 8.78 Å². The van der Waals surface area contributed by atoms with Gasteiger partial charge in [0, 0.05) is 37.8 Å². The Hall–Kier alpha value is -1.20. The smallest absolute Gasteiger partial charge is 0.131 e. The first-order valence-electron chi connectivity index (χ1n) is 6.61. The van der Waals surface area contributed by atoms with Gasteiger partial charge in [-0.15, -0.1) is 0 Å². The van der Waals surface area contributed by atoms with E-state index in [1.807, 2.05) is 0 Å². The first-order valence-corrected chi connectivity index (χ1v) is 6.61. The molecule has 1 aliphatic rings. The first kappa shape index (κ1) is 14.2. The zero-order valence-electron chi connectivity index (χ0n) is 11.2. The number of halogens is 2. The molecule has 2 rings (SSSR count). The van der Waals surface area contributed by atoms with Crippen LogP contribution in [0.3, 0.4) is 0 Å². The molecule has 1 fully saturated rings. The van der Waals surface area contributed by atoms with Gasteiger partial charge in [-0.1, -0.05) is 6.07 Å². The molecule has 3 nitrogen and oxygen atoms in total. The lowest BCUT2D eigenvalue weighted by molar-refractivity contribution is 0.151. The van der Waals surface area contributed by atoms with Gasteiger partial charge in [-0.2, -0.15) is 0 Å². The summed E-state index contributed by atoms with van der Waals surface area (Å²) in [6, 6.07) is 4.49. The summed E-state index contributed by atoms with van der Waals surface area (Å²) in [6.45, 7) is 2.81. The topological polar surface area (TPSA) is 24.5 Å². The summed E-state index contributed by atoms with van der Waals surface area (Å²) in [4.78, 5) is 2.12. The molecule has 5 heteroatoms. The second kappa shape index (κ2) is 6.82. The highest BCUT2D eigenvalue weighted by molar-refractivity contribution is 5.37. The van der Waals surface area contributed by atoms with Crippen LogP contribution in [0.1, 0.15) is 18.0 Å². The summed E-state index contributed by atoms with van der Waals surface area (Å²) in [5.41, 5.74) is 0.476. The van der Waals surface area contributed by atoms with Gasteiger partial charge >= 0.3 is 0 Å². The molecule has 106 valence electrons. The molecule has 0 amide bonds. The minimum absolute atomic E-state index is 0.261. The number of rotatable bonds is 5. The third-order valence-electron chi connectivity index (χ3n) is 3.54. The lowest BCUT2D eigenvalue weighted by atomic mass is 10.00. The summed E-state index contributed by atoms with van der Waals surface area (Å²) >= 11 is 0. The highest BCUT2D eigenvalue weighted by atomic mass is 19.1. The van der Waals surface area contributed by atoms with Crippen molar-refractivity contribution in [2.45, 2.75) is 12.5 Å². The molecular weight excluding hydrogens is 250 g/mol. The second-order valence-electron chi connectivity index (χ2n) is 4.64. The third kappa shape index (κ3) is 3.22. The summed E-state index contributed by atoms with van der Waals surface area (Å²) in [5, 5.41) is 3.25. The van der Waals surface area contributed by atoms with Crippen LogP contribution in [0.15, 0.2) is 18.2 Å². The molecule has 0 unspecified atom stereocenters. The molecule has 1 N–H and O–H groups in total. The number of alkyl halides is 1. The van der Waals surface area contributed by atoms with E-state index in [0.717, 1.165) is 26.2 Å². The fourth-order valence-corrected chi connectivity index (χ4v) is 2.63. The number of benzene rings is 1. The van der Waals surface area contributed by atoms with Crippen LogP contribution in [0.25, 0.3) is 0 Å². The van der Waals surface area contributed by atoms with Crippen LogP contribution in [0.2, 0.25) is 0 Å². The number of nitrogens with zero attached hydrogens (tertiary/aromatic N) is 1. The van der Waals surface area contributed by atoms with Crippen molar-refractivity contribution in [1.29, 1.82) is 0 Å². The lowest BCUT2D eigenvalue weighted by Gasteiger charge is -2.35. The third-order valence-corrected chi connectivity index (χ3v) is 3.54. The van der Waals surface area contributed by atoms with Crippen molar-refractivity contribution in [3.63, 3.8) is 0 Å². The van der Waals surface area contributed by atoms with Gasteiger partial charge in [0.15, 0.2) is 0 Å². The van der Waals surface area contributed by atoms with Crippen molar-refractivity contribution in [2.75, 3.05) is 40.0 Å². The molecule has 19 heavy (non-hydrogen) atoms. The van der Waals surface area contributed by atoms with Crippen LogP contribution in [-0.4, -0.2) is 44.9 Å². The maximum absolute atomic E-state index is 14.1. The van der Waals surface area contributed by atoms with E-state index in [0.29, 0.717) is 11.3 Å².